The molecule has 4 heteroatoms. The lowest BCUT2D eigenvalue weighted by atomic mass is 10.0. The van der Waals surface area contributed by atoms with Crippen LogP contribution in [0.5, 0.6) is 5.75 Å². The van der Waals surface area contributed by atoms with Gasteiger partial charge in [0.05, 0.1) is 12.9 Å². The van der Waals surface area contributed by atoms with E-state index in [-0.39, 0.29) is 11.5 Å². The first-order valence-electron chi connectivity index (χ1n) is 5.48. The van der Waals surface area contributed by atoms with E-state index in [0.717, 1.165) is 16.9 Å². The number of hydrogen-bond acceptors (Lipinski definition) is 3. The van der Waals surface area contributed by atoms with Gasteiger partial charge in [-0.2, -0.15) is 0 Å². The Bertz CT molecular complexity index is 427. The lowest BCUT2D eigenvalue weighted by molar-refractivity contribution is -0.116. The zero-order valence-corrected chi connectivity index (χ0v) is 11.3. The second kappa shape index (κ2) is 6.55. The first-order chi connectivity index (χ1) is 8.04. The third kappa shape index (κ3) is 4.30. The van der Waals surface area contributed by atoms with Gasteiger partial charge in [0.2, 0.25) is 0 Å². The maximum Gasteiger partial charge on any atom is 0.145 e. The summed E-state index contributed by atoms with van der Waals surface area (Å²) in [5.74, 6) is 1.03. The molecule has 0 bridgehead atoms. The Morgan fingerprint density at radius 3 is 2.71 bits per heavy atom. The fourth-order valence-electron chi connectivity index (χ4n) is 1.78. The van der Waals surface area contributed by atoms with Gasteiger partial charge in [0.1, 0.15) is 11.5 Å². The molecule has 1 aromatic carbocycles. The van der Waals surface area contributed by atoms with Crippen LogP contribution in [0.2, 0.25) is 0 Å². The van der Waals surface area contributed by atoms with Gasteiger partial charge in [-0.25, -0.2) is 0 Å². The van der Waals surface area contributed by atoms with Gasteiger partial charge in [0.15, 0.2) is 0 Å². The van der Waals surface area contributed by atoms with Crippen molar-refractivity contribution in [3.63, 3.8) is 0 Å². The first-order valence-corrected chi connectivity index (χ1v) is 7.21. The van der Waals surface area contributed by atoms with E-state index in [1.165, 1.54) is 0 Å². The molecule has 0 unspecified atom stereocenters. The van der Waals surface area contributed by atoms with Crippen molar-refractivity contribution >= 4 is 16.6 Å². The summed E-state index contributed by atoms with van der Waals surface area (Å²) in [4.78, 5) is 11.5. The highest BCUT2D eigenvalue weighted by Crippen LogP contribution is 2.24. The van der Waals surface area contributed by atoms with Crippen LogP contribution in [-0.2, 0) is 22.0 Å². The lowest BCUT2D eigenvalue weighted by Crippen LogP contribution is -2.10. The van der Waals surface area contributed by atoms with Crippen LogP contribution in [0.15, 0.2) is 18.2 Å². The summed E-state index contributed by atoms with van der Waals surface area (Å²) in [6.45, 7) is 1.98. The van der Waals surface area contributed by atoms with E-state index in [0.29, 0.717) is 12.8 Å². The Labute approximate surface area is 105 Å². The highest BCUT2D eigenvalue weighted by molar-refractivity contribution is 7.85. The molecule has 0 fully saturated rings. The smallest absolute Gasteiger partial charge is 0.145 e. The van der Waals surface area contributed by atoms with Gasteiger partial charge in [0.25, 0.3) is 0 Å². The van der Waals surface area contributed by atoms with E-state index >= 15 is 0 Å². The van der Waals surface area contributed by atoms with Gasteiger partial charge in [-0.15, -0.1) is 0 Å². The molecular weight excluding hydrogens is 236 g/mol. The van der Waals surface area contributed by atoms with Gasteiger partial charge in [0, 0.05) is 23.5 Å². The largest absolute Gasteiger partial charge is 0.496 e. The molecule has 0 aromatic heterocycles. The summed E-state index contributed by atoms with van der Waals surface area (Å²) in [6.07, 6.45) is 2.60. The van der Waals surface area contributed by atoms with E-state index < -0.39 is 10.8 Å². The van der Waals surface area contributed by atoms with Crippen LogP contribution in [0.3, 0.4) is 0 Å². The van der Waals surface area contributed by atoms with Crippen LogP contribution >= 0.6 is 0 Å². The SMILES string of the molecule is COc1c(C)cccc1CCC(=O)C[S@](C)=O. The maximum atomic E-state index is 11.5. The number of rotatable bonds is 6. The molecule has 0 aliphatic heterocycles. The Kier molecular flexibility index (Phi) is 5.35. The fraction of sp³-hybridized carbons (Fsp3) is 0.462. The molecule has 1 rings (SSSR count). The summed E-state index contributed by atoms with van der Waals surface area (Å²) < 4.78 is 16.2. The van der Waals surface area contributed by atoms with Gasteiger partial charge in [-0.1, -0.05) is 18.2 Å². The molecule has 0 amide bonds. The number of aryl methyl sites for hydroxylation is 2. The average molecular weight is 254 g/mol. The van der Waals surface area contributed by atoms with E-state index in [9.17, 15) is 9.00 Å². The summed E-state index contributed by atoms with van der Waals surface area (Å²) in [6, 6.07) is 5.89. The number of hydrogen-bond donors (Lipinski definition) is 0. The second-order valence-corrected chi connectivity index (χ2v) is 5.46. The molecule has 0 N–H and O–H groups in total. The molecule has 0 saturated heterocycles. The van der Waals surface area contributed by atoms with Crippen LogP contribution in [-0.4, -0.2) is 29.1 Å². The molecule has 1 aromatic rings. The van der Waals surface area contributed by atoms with Gasteiger partial charge in [-0.05, 0) is 24.5 Å². The molecule has 1 atom stereocenters. The Morgan fingerprint density at radius 1 is 1.41 bits per heavy atom. The Hall–Kier alpha value is -1.16. The molecule has 3 nitrogen and oxygen atoms in total. The molecule has 94 valence electrons. The van der Waals surface area contributed by atoms with Crippen LogP contribution in [0.4, 0.5) is 0 Å². The fourth-order valence-corrected chi connectivity index (χ4v) is 2.37. The molecule has 0 heterocycles. The number of Topliss-reactive ketones (excluding diaryl/α,β-unsaturated/α-hetero) is 1. The van der Waals surface area contributed by atoms with Crippen LogP contribution in [0.25, 0.3) is 0 Å². The summed E-state index contributed by atoms with van der Waals surface area (Å²) in [5.41, 5.74) is 2.10. The Morgan fingerprint density at radius 2 is 2.12 bits per heavy atom. The molecule has 0 saturated carbocycles. The maximum absolute atomic E-state index is 11.5. The van der Waals surface area contributed by atoms with E-state index in [2.05, 4.69) is 0 Å². The van der Waals surface area contributed by atoms with Gasteiger partial charge in [-0.3, -0.25) is 9.00 Å². The Balaban J connectivity index is 2.66. The minimum absolute atomic E-state index is 0.0365. The number of benzene rings is 1. The van der Waals surface area contributed by atoms with Crippen molar-refractivity contribution in [2.45, 2.75) is 19.8 Å². The molecule has 17 heavy (non-hydrogen) atoms. The second-order valence-electron chi connectivity index (χ2n) is 4.02. The predicted octanol–water partition coefficient (Wildman–Crippen LogP) is 1.88. The van der Waals surface area contributed by atoms with Crippen molar-refractivity contribution in [3.05, 3.63) is 29.3 Å². The van der Waals surface area contributed by atoms with E-state index in [4.69, 9.17) is 4.74 Å². The standard InChI is InChI=1S/C13H18O3S/c1-10-5-4-6-11(13(10)16-2)7-8-12(14)9-17(3)15/h4-6H,7-9H2,1-3H3/t17-/m0/s1. The zero-order chi connectivity index (χ0) is 12.8. The monoisotopic (exact) mass is 254 g/mol. The van der Waals surface area contributed by atoms with Crippen LogP contribution in [0, 0.1) is 6.92 Å². The summed E-state index contributed by atoms with van der Waals surface area (Å²) in [7, 11) is 0.588. The number of carbonyl (C=O) groups excluding carboxylic acids is 1. The third-order valence-corrected chi connectivity index (χ3v) is 3.26. The topological polar surface area (TPSA) is 43.4 Å². The minimum Gasteiger partial charge on any atom is -0.496 e. The number of methoxy groups -OCH3 is 1. The quantitative estimate of drug-likeness (QED) is 0.778. The number of ether oxygens (including phenoxy) is 1. The van der Waals surface area contributed by atoms with E-state index in [1.807, 2.05) is 25.1 Å². The van der Waals surface area contributed by atoms with Crippen molar-refractivity contribution in [1.82, 2.24) is 0 Å². The highest BCUT2D eigenvalue weighted by Gasteiger charge is 2.09. The number of para-hydroxylation sites is 1. The first kappa shape index (κ1) is 13.9. The normalized spacial score (nSPS) is 12.2. The minimum atomic E-state index is -1.05. The summed E-state index contributed by atoms with van der Waals surface area (Å²) in [5, 5.41) is 0. The van der Waals surface area contributed by atoms with Crippen molar-refractivity contribution in [3.8, 4) is 5.75 Å². The van der Waals surface area contributed by atoms with Gasteiger partial charge >= 0.3 is 0 Å². The van der Waals surface area contributed by atoms with Gasteiger partial charge < -0.3 is 4.74 Å². The molecule has 0 aliphatic rings. The molecular formula is C13H18O3S. The summed E-state index contributed by atoms with van der Waals surface area (Å²) >= 11 is 0. The van der Waals surface area contributed by atoms with Crippen molar-refractivity contribution in [2.24, 2.45) is 0 Å². The van der Waals surface area contributed by atoms with Crippen LogP contribution in [0.1, 0.15) is 17.5 Å². The molecule has 0 radical (unpaired) electrons. The van der Waals surface area contributed by atoms with Crippen LogP contribution < -0.4 is 4.74 Å². The number of carbonyl (C=O) groups is 1. The van der Waals surface area contributed by atoms with E-state index in [1.54, 1.807) is 13.4 Å². The predicted molar refractivity (Wildman–Crippen MR) is 70.0 cm³/mol. The molecule has 0 aliphatic carbocycles. The highest BCUT2D eigenvalue weighted by atomic mass is 32.2. The van der Waals surface area contributed by atoms with Crippen molar-refractivity contribution < 1.29 is 13.7 Å². The third-order valence-electron chi connectivity index (χ3n) is 2.53. The van der Waals surface area contributed by atoms with Crippen molar-refractivity contribution in [1.29, 1.82) is 0 Å². The number of ketones is 1. The van der Waals surface area contributed by atoms with Crippen molar-refractivity contribution in [2.75, 3.05) is 19.1 Å². The molecule has 0 spiro atoms. The average Bonchev–Trinajstić information content (AvgIpc) is 2.25. The lowest BCUT2D eigenvalue weighted by Gasteiger charge is -2.10. The zero-order valence-electron chi connectivity index (χ0n) is 10.5.